The molecule has 0 saturated carbocycles. The summed E-state index contributed by atoms with van der Waals surface area (Å²) in [6.07, 6.45) is 1.19. The lowest BCUT2D eigenvalue weighted by Crippen LogP contribution is -2.49. The number of esters is 1. The van der Waals surface area contributed by atoms with Gasteiger partial charge in [0.05, 0.1) is 18.1 Å². The Morgan fingerprint density at radius 2 is 2.00 bits per heavy atom. The molecule has 1 unspecified atom stereocenters. The number of piperidine rings is 1. The molecule has 0 radical (unpaired) electrons. The van der Waals surface area contributed by atoms with Crippen LogP contribution in [0.1, 0.15) is 30.1 Å². The highest BCUT2D eigenvalue weighted by molar-refractivity contribution is 6.38. The molecule has 1 aromatic rings. The van der Waals surface area contributed by atoms with Gasteiger partial charge in [0.2, 0.25) is 0 Å². The Balaban J connectivity index is 1.97. The largest absolute Gasteiger partial charge is 0.466 e. The van der Waals surface area contributed by atoms with Crippen molar-refractivity contribution in [2.75, 3.05) is 25.4 Å². The third-order valence-corrected chi connectivity index (χ3v) is 3.96. The molecule has 25 heavy (non-hydrogen) atoms. The van der Waals surface area contributed by atoms with Gasteiger partial charge in [-0.3, -0.25) is 24.5 Å². The van der Waals surface area contributed by atoms with Crippen LogP contribution in [0.25, 0.3) is 0 Å². The van der Waals surface area contributed by atoms with E-state index in [2.05, 4.69) is 0 Å². The third-order valence-electron chi connectivity index (χ3n) is 3.96. The second-order valence-electron chi connectivity index (χ2n) is 5.71. The van der Waals surface area contributed by atoms with E-state index in [0.29, 0.717) is 19.4 Å². The van der Waals surface area contributed by atoms with E-state index in [4.69, 9.17) is 10.5 Å². The Morgan fingerprint density at radius 3 is 2.68 bits per heavy atom. The number of nitrogens with two attached hydrogens (primary N) is 1. The van der Waals surface area contributed by atoms with Gasteiger partial charge in [-0.2, -0.15) is 0 Å². The van der Waals surface area contributed by atoms with Gasteiger partial charge in [0.1, 0.15) is 0 Å². The van der Waals surface area contributed by atoms with Gasteiger partial charge < -0.3 is 15.4 Å². The maximum absolute atomic E-state index is 12.3. The number of ether oxygens (including phenoxy) is 1. The van der Waals surface area contributed by atoms with Crippen LogP contribution in [-0.2, 0) is 19.1 Å². The highest BCUT2D eigenvalue weighted by atomic mass is 16.5. The van der Waals surface area contributed by atoms with Crippen LogP contribution in [0.15, 0.2) is 24.3 Å². The van der Waals surface area contributed by atoms with E-state index >= 15 is 0 Å². The van der Waals surface area contributed by atoms with Crippen LogP contribution in [0.4, 0.5) is 5.69 Å². The molecule has 0 spiro atoms. The molecular weight excluding hydrogens is 326 g/mol. The fraction of sp³-hybridized carbons (Fsp3) is 0.412. The number of likely N-dealkylation sites (tertiary alicyclic amines) is 1. The minimum Gasteiger partial charge on any atom is -0.466 e. The number of para-hydroxylation sites is 1. The predicted octanol–water partition coefficient (Wildman–Crippen LogP) is 0.327. The standard InChI is InChI=1S/C17H21N3O5/c1-2-25-17(24)11-6-5-9-20(10-11)16(23)15(22)19-14(21)12-7-3-4-8-13(12)18/h3-4,7-8,11H,2,5-6,9-10,18H2,1H3,(H,19,21,22). The van der Waals surface area contributed by atoms with Gasteiger partial charge in [-0.1, -0.05) is 12.1 Å². The molecule has 1 heterocycles. The maximum Gasteiger partial charge on any atom is 0.316 e. The lowest BCUT2D eigenvalue weighted by Gasteiger charge is -2.30. The van der Waals surface area contributed by atoms with Crippen molar-refractivity contribution >= 4 is 29.4 Å². The first-order chi connectivity index (χ1) is 11.9. The van der Waals surface area contributed by atoms with Crippen molar-refractivity contribution in [1.29, 1.82) is 0 Å². The van der Waals surface area contributed by atoms with Crippen molar-refractivity contribution in [3.63, 3.8) is 0 Å². The Morgan fingerprint density at radius 1 is 1.28 bits per heavy atom. The number of amides is 3. The average molecular weight is 347 g/mol. The molecule has 3 N–H and O–H groups in total. The zero-order valence-corrected chi connectivity index (χ0v) is 14.0. The molecule has 0 bridgehead atoms. The summed E-state index contributed by atoms with van der Waals surface area (Å²) in [7, 11) is 0. The van der Waals surface area contributed by atoms with Gasteiger partial charge in [0.25, 0.3) is 5.91 Å². The molecule has 0 aromatic heterocycles. The first-order valence-electron chi connectivity index (χ1n) is 8.09. The summed E-state index contributed by atoms with van der Waals surface area (Å²) in [6.45, 7) is 2.42. The summed E-state index contributed by atoms with van der Waals surface area (Å²) in [5.41, 5.74) is 6.00. The molecule has 134 valence electrons. The van der Waals surface area contributed by atoms with Crippen LogP contribution in [0.3, 0.4) is 0 Å². The zero-order chi connectivity index (χ0) is 18.4. The summed E-state index contributed by atoms with van der Waals surface area (Å²) in [5, 5.41) is 2.04. The molecule has 1 fully saturated rings. The smallest absolute Gasteiger partial charge is 0.316 e. The van der Waals surface area contributed by atoms with Crippen LogP contribution < -0.4 is 11.1 Å². The number of hydrogen-bond acceptors (Lipinski definition) is 6. The Bertz CT molecular complexity index is 689. The third kappa shape index (κ3) is 4.56. The number of nitrogen functional groups attached to an aromatic ring is 1. The Hall–Kier alpha value is -2.90. The minimum absolute atomic E-state index is 0.104. The lowest BCUT2D eigenvalue weighted by molar-refractivity contribution is -0.153. The number of carbonyl (C=O) groups is 4. The summed E-state index contributed by atoms with van der Waals surface area (Å²) in [4.78, 5) is 49.5. The SMILES string of the molecule is CCOC(=O)C1CCCN(C(=O)C(=O)NC(=O)c2ccccc2N)C1. The fourth-order valence-corrected chi connectivity index (χ4v) is 2.69. The van der Waals surface area contributed by atoms with E-state index in [-0.39, 0.29) is 30.4 Å². The molecule has 8 nitrogen and oxygen atoms in total. The molecule has 1 saturated heterocycles. The summed E-state index contributed by atoms with van der Waals surface area (Å²) < 4.78 is 4.96. The number of benzene rings is 1. The first-order valence-corrected chi connectivity index (χ1v) is 8.09. The van der Waals surface area contributed by atoms with Crippen LogP contribution in [0.2, 0.25) is 0 Å². The summed E-state index contributed by atoms with van der Waals surface area (Å²) in [5.74, 6) is -3.47. The molecule has 1 aromatic carbocycles. The van der Waals surface area contributed by atoms with Crippen molar-refractivity contribution < 1.29 is 23.9 Å². The molecule has 0 aliphatic carbocycles. The molecule has 3 amide bonds. The van der Waals surface area contributed by atoms with Gasteiger partial charge in [0, 0.05) is 18.8 Å². The fourth-order valence-electron chi connectivity index (χ4n) is 2.69. The molecule has 8 heteroatoms. The van der Waals surface area contributed by atoms with Crippen LogP contribution in [0, 0.1) is 5.92 Å². The highest BCUT2D eigenvalue weighted by Crippen LogP contribution is 2.18. The number of anilines is 1. The van der Waals surface area contributed by atoms with Crippen molar-refractivity contribution in [3.05, 3.63) is 29.8 Å². The monoisotopic (exact) mass is 347 g/mol. The summed E-state index contributed by atoms with van der Waals surface area (Å²) >= 11 is 0. The van der Waals surface area contributed by atoms with Gasteiger partial charge in [-0.05, 0) is 31.9 Å². The second-order valence-corrected chi connectivity index (χ2v) is 5.71. The molecule has 1 aliphatic heterocycles. The second kappa shape index (κ2) is 8.27. The number of nitrogens with zero attached hydrogens (tertiary/aromatic N) is 1. The van der Waals surface area contributed by atoms with Gasteiger partial charge in [0.15, 0.2) is 0 Å². The summed E-state index contributed by atoms with van der Waals surface area (Å²) in [6, 6.07) is 6.24. The topological polar surface area (TPSA) is 119 Å². The van der Waals surface area contributed by atoms with Crippen molar-refractivity contribution in [2.45, 2.75) is 19.8 Å². The van der Waals surface area contributed by atoms with Crippen LogP contribution in [-0.4, -0.2) is 48.3 Å². The number of hydrogen-bond donors (Lipinski definition) is 2. The lowest BCUT2D eigenvalue weighted by atomic mass is 9.98. The molecular formula is C17H21N3O5. The van der Waals surface area contributed by atoms with Crippen LogP contribution in [0.5, 0.6) is 0 Å². The predicted molar refractivity (Wildman–Crippen MR) is 89.3 cm³/mol. The number of carbonyl (C=O) groups excluding carboxylic acids is 4. The van der Waals surface area contributed by atoms with E-state index in [9.17, 15) is 19.2 Å². The molecule has 2 rings (SSSR count). The van der Waals surface area contributed by atoms with E-state index in [1.807, 2.05) is 5.32 Å². The van der Waals surface area contributed by atoms with Crippen LogP contribution >= 0.6 is 0 Å². The Labute approximate surface area is 145 Å². The highest BCUT2D eigenvalue weighted by Gasteiger charge is 2.32. The normalized spacial score (nSPS) is 16.8. The average Bonchev–Trinajstić information content (AvgIpc) is 2.61. The first kappa shape index (κ1) is 18.4. The number of rotatable bonds is 3. The number of imide groups is 1. The van der Waals surface area contributed by atoms with E-state index in [0.717, 1.165) is 0 Å². The van der Waals surface area contributed by atoms with E-state index in [1.54, 1.807) is 19.1 Å². The minimum atomic E-state index is -1.04. The van der Waals surface area contributed by atoms with Crippen molar-refractivity contribution in [1.82, 2.24) is 10.2 Å². The van der Waals surface area contributed by atoms with Crippen molar-refractivity contribution in [3.8, 4) is 0 Å². The Kier molecular flexibility index (Phi) is 6.10. The van der Waals surface area contributed by atoms with E-state index < -0.39 is 23.6 Å². The molecule has 1 atom stereocenters. The molecule has 1 aliphatic rings. The van der Waals surface area contributed by atoms with E-state index in [1.165, 1.54) is 17.0 Å². The van der Waals surface area contributed by atoms with Gasteiger partial charge in [-0.15, -0.1) is 0 Å². The number of nitrogens with one attached hydrogen (secondary N) is 1. The zero-order valence-electron chi connectivity index (χ0n) is 14.0. The van der Waals surface area contributed by atoms with Crippen molar-refractivity contribution in [2.24, 2.45) is 5.92 Å². The van der Waals surface area contributed by atoms with Gasteiger partial charge >= 0.3 is 17.8 Å². The quantitative estimate of drug-likeness (QED) is 0.462. The van der Waals surface area contributed by atoms with Gasteiger partial charge in [-0.25, -0.2) is 0 Å². The maximum atomic E-state index is 12.3.